The Kier molecular flexibility index (Phi) is 7.40. The van der Waals surface area contributed by atoms with Crippen LogP contribution in [0.1, 0.15) is 37.8 Å². The van der Waals surface area contributed by atoms with Crippen molar-refractivity contribution in [3.8, 4) is 0 Å². The fourth-order valence-electron chi connectivity index (χ4n) is 2.63. The van der Waals surface area contributed by atoms with Crippen molar-refractivity contribution in [3.63, 3.8) is 0 Å². The molecular formula is C18H25N3O4. The molecular weight excluding hydrogens is 322 g/mol. The SMILES string of the molecule is CCOCCCNC(=O)C(NC(=O)C1CCC(=O)N1)c1ccccc1. The quantitative estimate of drug-likeness (QED) is 0.572. The summed E-state index contributed by atoms with van der Waals surface area (Å²) in [4.78, 5) is 36.2. The molecule has 0 spiro atoms. The highest BCUT2D eigenvalue weighted by Gasteiger charge is 2.30. The van der Waals surface area contributed by atoms with Gasteiger partial charge in [-0.2, -0.15) is 0 Å². The van der Waals surface area contributed by atoms with Crippen LogP contribution in [0.25, 0.3) is 0 Å². The fraction of sp³-hybridized carbons (Fsp3) is 0.500. The number of nitrogens with one attached hydrogen (secondary N) is 3. The number of amides is 3. The lowest BCUT2D eigenvalue weighted by atomic mass is 10.1. The van der Waals surface area contributed by atoms with Crippen LogP contribution in [0.2, 0.25) is 0 Å². The minimum absolute atomic E-state index is 0.142. The Morgan fingerprint density at radius 1 is 1.32 bits per heavy atom. The molecule has 7 nitrogen and oxygen atoms in total. The van der Waals surface area contributed by atoms with Crippen molar-refractivity contribution in [2.75, 3.05) is 19.8 Å². The lowest BCUT2D eigenvalue weighted by Gasteiger charge is -2.21. The summed E-state index contributed by atoms with van der Waals surface area (Å²) in [7, 11) is 0. The standard InChI is InChI=1S/C18H25N3O4/c1-2-25-12-6-11-19-18(24)16(13-7-4-3-5-8-13)21-17(23)14-9-10-15(22)20-14/h3-5,7-8,14,16H,2,6,9-12H2,1H3,(H,19,24)(H,20,22)(H,21,23). The number of hydrogen-bond acceptors (Lipinski definition) is 4. The zero-order valence-electron chi connectivity index (χ0n) is 14.4. The van der Waals surface area contributed by atoms with E-state index >= 15 is 0 Å². The predicted molar refractivity (Wildman–Crippen MR) is 92.6 cm³/mol. The summed E-state index contributed by atoms with van der Waals surface area (Å²) in [5.74, 6) is -0.763. The van der Waals surface area contributed by atoms with Gasteiger partial charge in [-0.3, -0.25) is 14.4 Å². The van der Waals surface area contributed by atoms with E-state index in [2.05, 4.69) is 16.0 Å². The maximum absolute atomic E-state index is 12.5. The van der Waals surface area contributed by atoms with Crippen molar-refractivity contribution in [2.24, 2.45) is 0 Å². The Bertz CT molecular complexity index is 591. The Labute approximate surface area is 147 Å². The summed E-state index contributed by atoms with van der Waals surface area (Å²) in [6.07, 6.45) is 1.48. The second-order valence-corrected chi connectivity index (χ2v) is 5.85. The van der Waals surface area contributed by atoms with Crippen LogP contribution in [0.3, 0.4) is 0 Å². The number of hydrogen-bond donors (Lipinski definition) is 3. The van der Waals surface area contributed by atoms with Crippen molar-refractivity contribution in [2.45, 2.75) is 38.3 Å². The van der Waals surface area contributed by atoms with Gasteiger partial charge >= 0.3 is 0 Å². The number of rotatable bonds is 9. The Morgan fingerprint density at radius 2 is 2.08 bits per heavy atom. The van der Waals surface area contributed by atoms with Crippen LogP contribution in [0.15, 0.2) is 30.3 Å². The van der Waals surface area contributed by atoms with E-state index in [4.69, 9.17) is 4.74 Å². The van der Waals surface area contributed by atoms with Crippen molar-refractivity contribution < 1.29 is 19.1 Å². The number of carbonyl (C=O) groups is 3. The maximum Gasteiger partial charge on any atom is 0.247 e. The second kappa shape index (κ2) is 9.78. The van der Waals surface area contributed by atoms with Gasteiger partial charge in [-0.05, 0) is 25.3 Å². The highest BCUT2D eigenvalue weighted by molar-refractivity contribution is 5.94. The molecule has 1 heterocycles. The second-order valence-electron chi connectivity index (χ2n) is 5.85. The largest absolute Gasteiger partial charge is 0.382 e. The maximum atomic E-state index is 12.5. The first kappa shape index (κ1) is 18.9. The van der Waals surface area contributed by atoms with E-state index in [1.54, 1.807) is 12.1 Å². The summed E-state index contributed by atoms with van der Waals surface area (Å²) in [6.45, 7) is 3.61. The summed E-state index contributed by atoms with van der Waals surface area (Å²) in [5, 5.41) is 8.19. The number of benzene rings is 1. The molecule has 2 unspecified atom stereocenters. The highest BCUT2D eigenvalue weighted by atomic mass is 16.5. The molecule has 1 aliphatic heterocycles. The van der Waals surface area contributed by atoms with Crippen molar-refractivity contribution in [1.29, 1.82) is 0 Å². The van der Waals surface area contributed by atoms with Gasteiger partial charge in [0.05, 0.1) is 0 Å². The minimum Gasteiger partial charge on any atom is -0.382 e. The topological polar surface area (TPSA) is 96.5 Å². The van der Waals surface area contributed by atoms with Gasteiger partial charge in [-0.15, -0.1) is 0 Å². The first-order valence-corrected chi connectivity index (χ1v) is 8.62. The van der Waals surface area contributed by atoms with Gasteiger partial charge in [0.25, 0.3) is 0 Å². The third-order valence-electron chi connectivity index (χ3n) is 3.96. The first-order valence-electron chi connectivity index (χ1n) is 8.62. The van der Waals surface area contributed by atoms with Gasteiger partial charge in [0, 0.05) is 26.2 Å². The zero-order valence-corrected chi connectivity index (χ0v) is 14.4. The van der Waals surface area contributed by atoms with Crippen molar-refractivity contribution >= 4 is 17.7 Å². The van der Waals surface area contributed by atoms with Gasteiger partial charge in [0.1, 0.15) is 12.1 Å². The molecule has 7 heteroatoms. The molecule has 1 saturated heterocycles. The highest BCUT2D eigenvalue weighted by Crippen LogP contribution is 2.15. The van der Waals surface area contributed by atoms with E-state index in [0.29, 0.717) is 44.6 Å². The molecule has 0 saturated carbocycles. The molecule has 3 amide bonds. The lowest BCUT2D eigenvalue weighted by Crippen LogP contribution is -2.47. The van der Waals surface area contributed by atoms with Gasteiger partial charge in [0.2, 0.25) is 17.7 Å². The van der Waals surface area contributed by atoms with Crippen LogP contribution in [0.4, 0.5) is 0 Å². The van der Waals surface area contributed by atoms with Crippen LogP contribution < -0.4 is 16.0 Å². The van der Waals surface area contributed by atoms with E-state index in [1.807, 2.05) is 25.1 Å². The molecule has 25 heavy (non-hydrogen) atoms. The molecule has 1 aliphatic rings. The smallest absolute Gasteiger partial charge is 0.247 e. The van der Waals surface area contributed by atoms with Crippen LogP contribution >= 0.6 is 0 Å². The zero-order chi connectivity index (χ0) is 18.1. The van der Waals surface area contributed by atoms with Crippen LogP contribution in [0, 0.1) is 0 Å². The van der Waals surface area contributed by atoms with Gasteiger partial charge in [-0.1, -0.05) is 30.3 Å². The summed E-state index contributed by atoms with van der Waals surface area (Å²) < 4.78 is 5.24. The van der Waals surface area contributed by atoms with Crippen LogP contribution in [0.5, 0.6) is 0 Å². The normalized spacial score (nSPS) is 17.6. The van der Waals surface area contributed by atoms with E-state index in [-0.39, 0.29) is 17.7 Å². The lowest BCUT2D eigenvalue weighted by molar-refractivity contribution is -0.130. The molecule has 0 aromatic heterocycles. The summed E-state index contributed by atoms with van der Waals surface area (Å²) in [6, 6.07) is 7.68. The van der Waals surface area contributed by atoms with Crippen molar-refractivity contribution in [1.82, 2.24) is 16.0 Å². The van der Waals surface area contributed by atoms with Gasteiger partial charge in [-0.25, -0.2) is 0 Å². The molecule has 0 radical (unpaired) electrons. The summed E-state index contributed by atoms with van der Waals surface area (Å²) in [5.41, 5.74) is 0.697. The molecule has 1 aromatic rings. The molecule has 136 valence electrons. The molecule has 0 bridgehead atoms. The molecule has 1 aromatic carbocycles. The van der Waals surface area contributed by atoms with Crippen molar-refractivity contribution in [3.05, 3.63) is 35.9 Å². The van der Waals surface area contributed by atoms with Gasteiger partial charge in [0.15, 0.2) is 0 Å². The number of carbonyl (C=O) groups excluding carboxylic acids is 3. The Balaban J connectivity index is 1.97. The average Bonchev–Trinajstić information content (AvgIpc) is 3.06. The molecule has 0 aliphatic carbocycles. The third-order valence-corrected chi connectivity index (χ3v) is 3.96. The third kappa shape index (κ3) is 5.86. The van der Waals surface area contributed by atoms with E-state index < -0.39 is 12.1 Å². The minimum atomic E-state index is -0.793. The van der Waals surface area contributed by atoms with E-state index in [0.717, 1.165) is 0 Å². The molecule has 2 atom stereocenters. The molecule has 2 rings (SSSR count). The Morgan fingerprint density at radius 3 is 2.72 bits per heavy atom. The predicted octanol–water partition coefficient (Wildman–Crippen LogP) is 0.665. The van der Waals surface area contributed by atoms with Crippen LogP contribution in [-0.4, -0.2) is 43.5 Å². The summed E-state index contributed by atoms with van der Waals surface area (Å²) >= 11 is 0. The van der Waals surface area contributed by atoms with Gasteiger partial charge < -0.3 is 20.7 Å². The molecule has 3 N–H and O–H groups in total. The van der Waals surface area contributed by atoms with E-state index in [9.17, 15) is 14.4 Å². The monoisotopic (exact) mass is 347 g/mol. The first-order chi connectivity index (χ1) is 12.1. The average molecular weight is 347 g/mol. The van der Waals surface area contributed by atoms with E-state index in [1.165, 1.54) is 0 Å². The fourth-order valence-corrected chi connectivity index (χ4v) is 2.63. The van der Waals surface area contributed by atoms with Crippen LogP contribution in [-0.2, 0) is 19.1 Å². The molecule has 1 fully saturated rings. The Hall–Kier alpha value is -2.41. The number of ether oxygens (including phenoxy) is 1.